The molecule has 0 atom stereocenters. The number of nitrogens with zero attached hydrogens (tertiary/aromatic N) is 9. The van der Waals surface area contributed by atoms with Crippen LogP contribution in [0, 0.1) is 45.3 Å². The van der Waals surface area contributed by atoms with Crippen LogP contribution in [-0.4, -0.2) is 23.7 Å². The van der Waals surface area contributed by atoms with Gasteiger partial charge in [-0.25, -0.2) is 9.97 Å². The first-order valence-electron chi connectivity index (χ1n) is 22.9. The largest absolute Gasteiger partial charge is 0.309 e. The summed E-state index contributed by atoms with van der Waals surface area (Å²) in [7, 11) is 0. The Bertz CT molecular complexity index is 4340. The molecule has 9 aromatic carbocycles. The zero-order chi connectivity index (χ0) is 47.7. The Hall–Kier alpha value is -10.6. The second kappa shape index (κ2) is 16.0. The monoisotopic (exact) mass is 903 g/mol. The van der Waals surface area contributed by atoms with E-state index in [-0.39, 0.29) is 0 Å². The molecular weight excluding hydrogens is 871 g/mol. The number of fused-ring (bicyclic) bond motifs is 9. The van der Waals surface area contributed by atoms with Crippen LogP contribution in [0.2, 0.25) is 0 Å². The first-order chi connectivity index (χ1) is 35.0. The predicted molar refractivity (Wildman–Crippen MR) is 280 cm³/mol. The van der Waals surface area contributed by atoms with E-state index in [1.54, 1.807) is 24.3 Å². The van der Waals surface area contributed by atoms with Crippen molar-refractivity contribution in [1.82, 2.24) is 23.7 Å². The summed E-state index contributed by atoms with van der Waals surface area (Å²) in [6, 6.07) is 75.9. The van der Waals surface area contributed by atoms with Crippen molar-refractivity contribution in [3.05, 3.63) is 222 Å². The Kier molecular flexibility index (Phi) is 9.19. The molecular formula is C62H33N9. The van der Waals surface area contributed by atoms with Crippen molar-refractivity contribution in [2.75, 3.05) is 0 Å². The summed E-state index contributed by atoms with van der Waals surface area (Å²) in [5.74, 6) is 0.520. The van der Waals surface area contributed by atoms with Gasteiger partial charge in [-0.3, -0.25) is 0 Å². The van der Waals surface area contributed by atoms with Crippen LogP contribution in [0.4, 0.5) is 0 Å². The van der Waals surface area contributed by atoms with Crippen LogP contribution in [-0.2, 0) is 0 Å². The topological polar surface area (TPSA) is 136 Å². The van der Waals surface area contributed by atoms with Gasteiger partial charge in [0.1, 0.15) is 0 Å². The van der Waals surface area contributed by atoms with Gasteiger partial charge in [0.2, 0.25) is 0 Å². The lowest BCUT2D eigenvalue weighted by Gasteiger charge is -2.12. The van der Waals surface area contributed by atoms with Crippen molar-refractivity contribution in [2.24, 2.45) is 0 Å². The van der Waals surface area contributed by atoms with E-state index in [1.165, 1.54) is 10.8 Å². The Morgan fingerprint density at radius 3 is 1.07 bits per heavy atom. The zero-order valence-corrected chi connectivity index (χ0v) is 37.6. The van der Waals surface area contributed by atoms with E-state index in [9.17, 15) is 21.0 Å². The lowest BCUT2D eigenvalue weighted by molar-refractivity contribution is 1.16. The molecule has 9 heteroatoms. The summed E-state index contributed by atoms with van der Waals surface area (Å²) in [6.45, 7) is 0. The molecule has 4 aromatic heterocycles. The maximum absolute atomic E-state index is 9.89. The fraction of sp³-hybridized carbons (Fsp3) is 0. The molecule has 326 valence electrons. The third-order valence-electron chi connectivity index (χ3n) is 13.6. The minimum absolute atomic E-state index is 0.520. The van der Waals surface area contributed by atoms with Crippen molar-refractivity contribution in [3.8, 4) is 75.2 Å². The van der Waals surface area contributed by atoms with Gasteiger partial charge in [-0.15, -0.1) is 0 Å². The van der Waals surface area contributed by atoms with E-state index in [4.69, 9.17) is 9.97 Å². The highest BCUT2D eigenvalue weighted by Gasteiger charge is 2.20. The minimum Gasteiger partial charge on any atom is -0.309 e. The van der Waals surface area contributed by atoms with Crippen LogP contribution >= 0.6 is 0 Å². The molecule has 71 heavy (non-hydrogen) atoms. The van der Waals surface area contributed by atoms with Gasteiger partial charge < -0.3 is 13.7 Å². The number of benzene rings is 9. The third kappa shape index (κ3) is 6.51. The normalized spacial score (nSPS) is 11.3. The lowest BCUT2D eigenvalue weighted by Crippen LogP contribution is -1.98. The van der Waals surface area contributed by atoms with Crippen molar-refractivity contribution in [1.29, 1.82) is 21.0 Å². The second-order valence-corrected chi connectivity index (χ2v) is 17.5. The molecule has 0 spiro atoms. The van der Waals surface area contributed by atoms with E-state index in [0.29, 0.717) is 33.8 Å². The average molecular weight is 904 g/mol. The molecule has 13 rings (SSSR count). The van der Waals surface area contributed by atoms with Crippen molar-refractivity contribution in [3.63, 3.8) is 0 Å². The lowest BCUT2D eigenvalue weighted by atomic mass is 10.0. The predicted octanol–water partition coefficient (Wildman–Crippen LogP) is 14.3. The van der Waals surface area contributed by atoms with Gasteiger partial charge >= 0.3 is 0 Å². The van der Waals surface area contributed by atoms with Crippen LogP contribution in [0.15, 0.2) is 200 Å². The number of rotatable bonds is 6. The van der Waals surface area contributed by atoms with Gasteiger partial charge in [-0.2, -0.15) is 21.0 Å². The molecule has 13 aromatic rings. The summed E-state index contributed by atoms with van der Waals surface area (Å²) in [6.07, 6.45) is 0. The van der Waals surface area contributed by atoms with E-state index >= 15 is 0 Å². The number of hydrogen-bond acceptors (Lipinski definition) is 6. The van der Waals surface area contributed by atoms with E-state index < -0.39 is 0 Å². The fourth-order valence-corrected chi connectivity index (χ4v) is 10.3. The van der Waals surface area contributed by atoms with Gasteiger partial charge in [-0.05, 0) is 140 Å². The molecule has 0 saturated carbocycles. The molecule has 0 fully saturated rings. The highest BCUT2D eigenvalue weighted by Crippen LogP contribution is 2.40. The zero-order valence-electron chi connectivity index (χ0n) is 37.6. The summed E-state index contributed by atoms with van der Waals surface area (Å²) >= 11 is 0. The van der Waals surface area contributed by atoms with Crippen LogP contribution in [0.5, 0.6) is 0 Å². The van der Waals surface area contributed by atoms with Crippen LogP contribution in [0.1, 0.15) is 22.3 Å². The van der Waals surface area contributed by atoms with Gasteiger partial charge in [-0.1, -0.05) is 60.7 Å². The number of nitriles is 4. The average Bonchev–Trinajstić information content (AvgIpc) is 4.07. The molecule has 0 bridgehead atoms. The number of para-hydroxylation sites is 2. The molecule has 0 aliphatic rings. The molecule has 0 radical (unpaired) electrons. The SMILES string of the molecule is N#Cc1ccc(-c2cc(-c3ccc(-n4c5ccc(-n6c7ccccc7c7ccccc76)cc5c5cc(-n6c7ccc(C#N)cc7c7cc(C#N)ccc76)ccc54)cc3)nc(-c3ccc(C#N)cc3)n2)cc1. The third-order valence-corrected chi connectivity index (χ3v) is 13.6. The second-order valence-electron chi connectivity index (χ2n) is 17.5. The van der Waals surface area contributed by atoms with Crippen molar-refractivity contribution < 1.29 is 0 Å². The Morgan fingerprint density at radius 2 is 0.620 bits per heavy atom. The quantitative estimate of drug-likeness (QED) is 0.163. The Labute approximate surface area is 406 Å². The first kappa shape index (κ1) is 40.7. The minimum atomic E-state index is 0.520. The summed E-state index contributed by atoms with van der Waals surface area (Å²) in [5.41, 5.74) is 15.3. The fourth-order valence-electron chi connectivity index (χ4n) is 10.3. The molecule has 0 saturated heterocycles. The highest BCUT2D eigenvalue weighted by molar-refractivity contribution is 6.14. The van der Waals surface area contributed by atoms with Gasteiger partial charge in [0.05, 0.1) is 91.0 Å². The van der Waals surface area contributed by atoms with Crippen LogP contribution < -0.4 is 0 Å². The molecule has 0 aliphatic heterocycles. The molecule has 0 aliphatic carbocycles. The Morgan fingerprint density at radius 1 is 0.282 bits per heavy atom. The Balaban J connectivity index is 1.01. The number of hydrogen-bond donors (Lipinski definition) is 0. The molecule has 4 heterocycles. The maximum atomic E-state index is 9.89. The summed E-state index contributed by atoms with van der Waals surface area (Å²) in [4.78, 5) is 10.0. The smallest absolute Gasteiger partial charge is 0.160 e. The van der Waals surface area contributed by atoms with E-state index in [0.717, 1.165) is 94.1 Å². The maximum Gasteiger partial charge on any atom is 0.160 e. The van der Waals surface area contributed by atoms with Gasteiger partial charge in [0.25, 0.3) is 0 Å². The van der Waals surface area contributed by atoms with Crippen LogP contribution in [0.3, 0.4) is 0 Å². The van der Waals surface area contributed by atoms with E-state index in [2.05, 4.69) is 147 Å². The van der Waals surface area contributed by atoms with Crippen LogP contribution in [0.25, 0.3) is 116 Å². The molecule has 0 N–H and O–H groups in total. The summed E-state index contributed by atoms with van der Waals surface area (Å²) < 4.78 is 6.88. The number of aromatic nitrogens is 5. The van der Waals surface area contributed by atoms with Crippen molar-refractivity contribution in [2.45, 2.75) is 0 Å². The molecule has 0 amide bonds. The van der Waals surface area contributed by atoms with E-state index in [1.807, 2.05) is 66.7 Å². The first-order valence-corrected chi connectivity index (χ1v) is 22.9. The van der Waals surface area contributed by atoms with Gasteiger partial charge in [0.15, 0.2) is 5.82 Å². The standard InChI is InChI=1S/C62H33N9/c63-34-38-9-15-42(16-10-38)54-33-55(68-62(67-54)44-17-11-39(35-64)12-18-44)43-19-21-45(22-20-43)69-60-27-23-46(70-56-7-3-1-5-48(56)49-6-2-4-8-57(49)70)31-52(60)53-32-47(24-28-61(53)69)71-58-25-13-40(36-65)29-50(58)51-30-41(37-66)14-26-59(51)71/h1-33H. The highest BCUT2D eigenvalue weighted by atomic mass is 15.0. The molecule has 9 nitrogen and oxygen atoms in total. The van der Waals surface area contributed by atoms with Gasteiger partial charge in [0, 0.05) is 66.1 Å². The summed E-state index contributed by atoms with van der Waals surface area (Å²) in [5, 5.41) is 45.1. The molecule has 0 unspecified atom stereocenters. The van der Waals surface area contributed by atoms with Crippen molar-refractivity contribution >= 4 is 65.4 Å².